The van der Waals surface area contributed by atoms with Crippen LogP contribution in [0.4, 0.5) is 0 Å². The number of aliphatic hydroxyl groups excluding tert-OH is 1. The van der Waals surface area contributed by atoms with Crippen molar-refractivity contribution in [1.29, 1.82) is 0 Å². The minimum Gasteiger partial charge on any atom is -0.393 e. The smallest absolute Gasteiger partial charge is 0.273 e. The first kappa shape index (κ1) is 12.8. The van der Waals surface area contributed by atoms with Crippen molar-refractivity contribution in [2.45, 2.75) is 42.3 Å². The lowest BCUT2D eigenvalue weighted by Gasteiger charge is -2.32. The van der Waals surface area contributed by atoms with Crippen LogP contribution >= 0.6 is 0 Å². The van der Waals surface area contributed by atoms with Crippen LogP contribution < -0.4 is 0 Å². The summed E-state index contributed by atoms with van der Waals surface area (Å²) in [6.45, 7) is 1.96. The van der Waals surface area contributed by atoms with Gasteiger partial charge in [0.25, 0.3) is 10.1 Å². The van der Waals surface area contributed by atoms with Crippen molar-refractivity contribution in [2.75, 3.05) is 20.3 Å². The van der Waals surface area contributed by atoms with E-state index in [4.69, 9.17) is 13.7 Å². The molecule has 0 aliphatic carbocycles. The molecular weight excluding hydrogens is 260 g/mol. The van der Waals surface area contributed by atoms with Gasteiger partial charge in [-0.25, -0.2) is 0 Å². The van der Waals surface area contributed by atoms with E-state index >= 15 is 0 Å². The molecular formula is C11H18O6S. The summed E-state index contributed by atoms with van der Waals surface area (Å²) in [6, 6.07) is 0. The van der Waals surface area contributed by atoms with Crippen LogP contribution in [0.3, 0.4) is 0 Å². The Labute approximate surface area is 106 Å². The molecule has 5 atom stereocenters. The van der Waals surface area contributed by atoms with E-state index in [-0.39, 0.29) is 19.1 Å². The quantitative estimate of drug-likeness (QED) is 0.709. The Bertz CT molecular complexity index is 462. The lowest BCUT2D eigenvalue weighted by atomic mass is 9.71. The first-order valence-electron chi connectivity index (χ1n) is 6.18. The Kier molecular flexibility index (Phi) is 2.61. The maximum atomic E-state index is 12.0. The predicted octanol–water partition coefficient (Wildman–Crippen LogP) is -0.340. The number of rotatable bonds is 4. The summed E-state index contributed by atoms with van der Waals surface area (Å²) in [4.78, 5) is 0. The van der Waals surface area contributed by atoms with E-state index in [1.165, 1.54) is 7.11 Å². The monoisotopic (exact) mass is 278 g/mol. The SMILES string of the molecule is CCC1C2OS(=O)(=O)C3C[C@@]1(CO)OC23COC. The first-order chi connectivity index (χ1) is 8.46. The zero-order valence-corrected chi connectivity index (χ0v) is 11.3. The summed E-state index contributed by atoms with van der Waals surface area (Å²) < 4.78 is 40.5. The lowest BCUT2D eigenvalue weighted by Crippen LogP contribution is -2.51. The molecule has 0 amide bonds. The van der Waals surface area contributed by atoms with Crippen molar-refractivity contribution < 1.29 is 27.2 Å². The van der Waals surface area contributed by atoms with E-state index in [1.807, 2.05) is 6.92 Å². The fraction of sp³-hybridized carbons (Fsp3) is 1.00. The maximum Gasteiger partial charge on any atom is 0.273 e. The van der Waals surface area contributed by atoms with Gasteiger partial charge in [-0.15, -0.1) is 0 Å². The summed E-state index contributed by atoms with van der Waals surface area (Å²) in [6.07, 6.45) is 0.474. The van der Waals surface area contributed by atoms with Gasteiger partial charge in [-0.3, -0.25) is 4.18 Å². The van der Waals surface area contributed by atoms with Crippen LogP contribution in [-0.4, -0.2) is 56.4 Å². The second-order valence-corrected chi connectivity index (χ2v) is 7.18. The molecule has 0 spiro atoms. The molecule has 3 aliphatic heterocycles. The molecule has 2 bridgehead atoms. The highest BCUT2D eigenvalue weighted by Crippen LogP contribution is 2.62. The topological polar surface area (TPSA) is 82.1 Å². The number of aliphatic hydroxyl groups is 1. The Balaban J connectivity index is 2.12. The number of methoxy groups -OCH3 is 1. The average Bonchev–Trinajstić information content (AvgIpc) is 2.81. The molecule has 104 valence electrons. The minimum atomic E-state index is -3.62. The summed E-state index contributed by atoms with van der Waals surface area (Å²) in [5.74, 6) is -0.105. The van der Waals surface area contributed by atoms with Gasteiger partial charge >= 0.3 is 0 Å². The van der Waals surface area contributed by atoms with Gasteiger partial charge in [0.05, 0.1) is 18.8 Å². The Morgan fingerprint density at radius 1 is 1.50 bits per heavy atom. The van der Waals surface area contributed by atoms with Gasteiger partial charge in [-0.2, -0.15) is 8.42 Å². The van der Waals surface area contributed by atoms with Gasteiger partial charge < -0.3 is 14.6 Å². The fourth-order valence-electron chi connectivity index (χ4n) is 3.99. The molecule has 3 fully saturated rings. The number of hydrogen-bond donors (Lipinski definition) is 1. The van der Waals surface area contributed by atoms with E-state index in [9.17, 15) is 13.5 Å². The highest BCUT2D eigenvalue weighted by atomic mass is 32.2. The van der Waals surface area contributed by atoms with Crippen LogP contribution in [0, 0.1) is 5.92 Å². The van der Waals surface area contributed by atoms with Crippen molar-refractivity contribution in [3.8, 4) is 0 Å². The number of ether oxygens (including phenoxy) is 2. The third-order valence-corrected chi connectivity index (χ3v) is 6.39. The molecule has 3 rings (SSSR count). The van der Waals surface area contributed by atoms with Gasteiger partial charge in [0.2, 0.25) is 0 Å². The average molecular weight is 278 g/mol. The number of hydrogen-bond acceptors (Lipinski definition) is 6. The third kappa shape index (κ3) is 1.24. The standard InChI is InChI=1S/C11H18O6S/c1-3-7-9-11(6-15-2)8(18(13,14)16-9)4-10(7,5-12)17-11/h7-9,12H,3-6H2,1-2H3/t7?,8?,9?,10-,11?/m0/s1. The van der Waals surface area contributed by atoms with Crippen molar-refractivity contribution in [1.82, 2.24) is 0 Å². The van der Waals surface area contributed by atoms with Gasteiger partial charge in [0.15, 0.2) is 0 Å². The van der Waals surface area contributed by atoms with E-state index in [1.54, 1.807) is 0 Å². The predicted molar refractivity (Wildman–Crippen MR) is 61.5 cm³/mol. The van der Waals surface area contributed by atoms with Crippen LogP contribution in [0.5, 0.6) is 0 Å². The van der Waals surface area contributed by atoms with Gasteiger partial charge in [0.1, 0.15) is 17.0 Å². The Morgan fingerprint density at radius 3 is 2.78 bits per heavy atom. The van der Waals surface area contributed by atoms with Crippen LogP contribution in [0.25, 0.3) is 0 Å². The van der Waals surface area contributed by atoms with Crippen LogP contribution in [0.2, 0.25) is 0 Å². The Hall–Kier alpha value is -0.210. The molecule has 0 saturated carbocycles. The molecule has 6 nitrogen and oxygen atoms in total. The molecule has 3 aliphatic rings. The van der Waals surface area contributed by atoms with Gasteiger partial charge in [-0.1, -0.05) is 6.92 Å². The van der Waals surface area contributed by atoms with E-state index in [0.29, 0.717) is 12.8 Å². The maximum absolute atomic E-state index is 12.0. The molecule has 4 unspecified atom stereocenters. The van der Waals surface area contributed by atoms with Crippen molar-refractivity contribution >= 4 is 10.1 Å². The largest absolute Gasteiger partial charge is 0.393 e. The van der Waals surface area contributed by atoms with Crippen molar-refractivity contribution in [3.05, 3.63) is 0 Å². The molecule has 18 heavy (non-hydrogen) atoms. The van der Waals surface area contributed by atoms with E-state index in [2.05, 4.69) is 0 Å². The summed E-state index contributed by atoms with van der Waals surface area (Å²) in [5.41, 5.74) is -1.72. The normalized spacial score (nSPS) is 52.1. The molecule has 7 heteroatoms. The highest BCUT2D eigenvalue weighted by molar-refractivity contribution is 7.87. The minimum absolute atomic E-state index is 0.105. The third-order valence-electron chi connectivity index (χ3n) is 4.66. The number of fused-ring (bicyclic) bond motifs is 1. The molecule has 3 saturated heterocycles. The summed E-state index contributed by atoms with van der Waals surface area (Å²) >= 11 is 0. The van der Waals surface area contributed by atoms with E-state index in [0.717, 1.165) is 0 Å². The van der Waals surface area contributed by atoms with Crippen LogP contribution in [0.15, 0.2) is 0 Å². The molecule has 0 aromatic heterocycles. The van der Waals surface area contributed by atoms with E-state index < -0.39 is 32.7 Å². The van der Waals surface area contributed by atoms with Gasteiger partial charge in [-0.05, 0) is 6.42 Å². The highest BCUT2D eigenvalue weighted by Gasteiger charge is 2.79. The molecule has 0 aromatic carbocycles. The van der Waals surface area contributed by atoms with Crippen molar-refractivity contribution in [3.63, 3.8) is 0 Å². The van der Waals surface area contributed by atoms with Gasteiger partial charge in [0, 0.05) is 19.4 Å². The summed E-state index contributed by atoms with van der Waals surface area (Å²) in [7, 11) is -2.10. The molecule has 1 N–H and O–H groups in total. The lowest BCUT2D eigenvalue weighted by molar-refractivity contribution is -0.111. The van der Waals surface area contributed by atoms with Crippen LogP contribution in [-0.2, 0) is 23.8 Å². The molecule has 0 radical (unpaired) electrons. The first-order valence-corrected chi connectivity index (χ1v) is 7.65. The Morgan fingerprint density at radius 2 is 2.22 bits per heavy atom. The second-order valence-electron chi connectivity index (χ2n) is 5.43. The van der Waals surface area contributed by atoms with Crippen LogP contribution in [0.1, 0.15) is 19.8 Å². The molecule has 3 heterocycles. The second kappa shape index (κ2) is 3.67. The zero-order chi connectivity index (χ0) is 13.2. The molecule has 0 aromatic rings. The summed E-state index contributed by atoms with van der Waals surface area (Å²) in [5, 5.41) is 8.93. The fourth-order valence-corrected chi connectivity index (χ4v) is 5.94. The van der Waals surface area contributed by atoms with Crippen molar-refractivity contribution in [2.24, 2.45) is 5.92 Å². The zero-order valence-electron chi connectivity index (χ0n) is 10.5.